The zero-order valence-electron chi connectivity index (χ0n) is 10.5. The van der Waals surface area contributed by atoms with E-state index in [9.17, 15) is 4.79 Å². The number of urea groups is 1. The van der Waals surface area contributed by atoms with Gasteiger partial charge in [-0.05, 0) is 30.5 Å². The van der Waals surface area contributed by atoms with Crippen molar-refractivity contribution in [1.82, 2.24) is 5.32 Å². The standard InChI is InChI=1S/C14H20N2O2/c17-10-11-6-8-13(9-7-11)16-14(18)15-12-4-2-1-3-5-12/h6-9,12,17H,1-5,10H2,(H2,15,16,18). The summed E-state index contributed by atoms with van der Waals surface area (Å²) in [5.41, 5.74) is 1.59. The second-order valence-corrected chi connectivity index (χ2v) is 4.79. The van der Waals surface area contributed by atoms with Crippen molar-refractivity contribution >= 4 is 11.7 Å². The number of amides is 2. The molecule has 3 N–H and O–H groups in total. The van der Waals surface area contributed by atoms with Gasteiger partial charge in [-0.3, -0.25) is 0 Å². The van der Waals surface area contributed by atoms with Gasteiger partial charge in [-0.15, -0.1) is 0 Å². The van der Waals surface area contributed by atoms with Crippen LogP contribution in [-0.2, 0) is 6.61 Å². The summed E-state index contributed by atoms with van der Waals surface area (Å²) in [5.74, 6) is 0. The van der Waals surface area contributed by atoms with Crippen LogP contribution in [-0.4, -0.2) is 17.2 Å². The summed E-state index contributed by atoms with van der Waals surface area (Å²) < 4.78 is 0. The van der Waals surface area contributed by atoms with E-state index >= 15 is 0 Å². The molecule has 1 saturated carbocycles. The van der Waals surface area contributed by atoms with Crippen LogP contribution in [0.3, 0.4) is 0 Å². The molecule has 0 aromatic heterocycles. The lowest BCUT2D eigenvalue weighted by atomic mass is 9.96. The largest absolute Gasteiger partial charge is 0.392 e. The van der Waals surface area contributed by atoms with Crippen LogP contribution in [0.2, 0.25) is 0 Å². The van der Waals surface area contributed by atoms with Crippen molar-refractivity contribution in [1.29, 1.82) is 0 Å². The van der Waals surface area contributed by atoms with Gasteiger partial charge in [0.15, 0.2) is 0 Å². The van der Waals surface area contributed by atoms with Gasteiger partial charge in [-0.25, -0.2) is 4.79 Å². The minimum absolute atomic E-state index is 0.0224. The van der Waals surface area contributed by atoms with Gasteiger partial charge in [-0.2, -0.15) is 0 Å². The Labute approximate surface area is 107 Å². The summed E-state index contributed by atoms with van der Waals surface area (Å²) >= 11 is 0. The van der Waals surface area contributed by atoms with Crippen LogP contribution in [0.25, 0.3) is 0 Å². The third kappa shape index (κ3) is 3.74. The second-order valence-electron chi connectivity index (χ2n) is 4.79. The van der Waals surface area contributed by atoms with Crippen LogP contribution < -0.4 is 10.6 Å². The van der Waals surface area contributed by atoms with E-state index in [1.807, 2.05) is 0 Å². The van der Waals surface area contributed by atoms with E-state index < -0.39 is 0 Å². The van der Waals surface area contributed by atoms with Crippen LogP contribution in [0.4, 0.5) is 10.5 Å². The lowest BCUT2D eigenvalue weighted by molar-refractivity contribution is 0.244. The molecule has 1 aromatic rings. The van der Waals surface area contributed by atoms with Gasteiger partial charge in [0.2, 0.25) is 0 Å². The lowest BCUT2D eigenvalue weighted by Crippen LogP contribution is -2.38. The molecule has 0 atom stereocenters. The van der Waals surface area contributed by atoms with Gasteiger partial charge >= 0.3 is 6.03 Å². The molecular weight excluding hydrogens is 228 g/mol. The third-order valence-corrected chi connectivity index (χ3v) is 3.33. The average Bonchev–Trinajstić information content (AvgIpc) is 2.40. The van der Waals surface area contributed by atoms with Crippen LogP contribution >= 0.6 is 0 Å². The van der Waals surface area contributed by atoms with Crippen molar-refractivity contribution in [3.63, 3.8) is 0 Å². The Morgan fingerprint density at radius 1 is 1.17 bits per heavy atom. The predicted octanol–water partition coefficient (Wildman–Crippen LogP) is 2.63. The third-order valence-electron chi connectivity index (χ3n) is 3.33. The highest BCUT2D eigenvalue weighted by Crippen LogP contribution is 2.17. The van der Waals surface area contributed by atoms with E-state index in [1.165, 1.54) is 19.3 Å². The van der Waals surface area contributed by atoms with Gasteiger partial charge in [0, 0.05) is 11.7 Å². The summed E-state index contributed by atoms with van der Waals surface area (Å²) in [6, 6.07) is 7.37. The van der Waals surface area contributed by atoms with Crippen molar-refractivity contribution in [3.05, 3.63) is 29.8 Å². The minimum Gasteiger partial charge on any atom is -0.392 e. The Kier molecular flexibility index (Phi) is 4.59. The van der Waals surface area contributed by atoms with E-state index in [1.54, 1.807) is 24.3 Å². The number of rotatable bonds is 3. The van der Waals surface area contributed by atoms with Crippen molar-refractivity contribution in [2.45, 2.75) is 44.8 Å². The normalized spacial score (nSPS) is 16.3. The van der Waals surface area contributed by atoms with Crippen LogP contribution in [0, 0.1) is 0 Å². The van der Waals surface area contributed by atoms with E-state index in [2.05, 4.69) is 10.6 Å². The van der Waals surface area contributed by atoms with Gasteiger partial charge in [-0.1, -0.05) is 31.4 Å². The molecule has 1 aliphatic rings. The Morgan fingerprint density at radius 2 is 1.83 bits per heavy atom. The number of aliphatic hydroxyl groups excluding tert-OH is 1. The lowest BCUT2D eigenvalue weighted by Gasteiger charge is -2.22. The fraction of sp³-hybridized carbons (Fsp3) is 0.500. The summed E-state index contributed by atoms with van der Waals surface area (Å²) in [6.07, 6.45) is 5.85. The smallest absolute Gasteiger partial charge is 0.319 e. The summed E-state index contributed by atoms with van der Waals surface area (Å²) in [7, 11) is 0. The highest BCUT2D eigenvalue weighted by molar-refractivity contribution is 5.89. The van der Waals surface area contributed by atoms with E-state index in [0.717, 1.165) is 24.1 Å². The Hall–Kier alpha value is -1.55. The van der Waals surface area contributed by atoms with E-state index in [4.69, 9.17) is 5.11 Å². The molecule has 0 bridgehead atoms. The number of hydrogen-bond acceptors (Lipinski definition) is 2. The first kappa shape index (κ1) is 12.9. The number of carbonyl (C=O) groups excluding carboxylic acids is 1. The van der Waals surface area contributed by atoms with Crippen molar-refractivity contribution < 1.29 is 9.90 Å². The van der Waals surface area contributed by atoms with Gasteiger partial charge in [0.25, 0.3) is 0 Å². The molecule has 0 radical (unpaired) electrons. The highest BCUT2D eigenvalue weighted by Gasteiger charge is 2.15. The summed E-state index contributed by atoms with van der Waals surface area (Å²) in [6.45, 7) is 0.0224. The molecule has 18 heavy (non-hydrogen) atoms. The molecule has 0 spiro atoms. The van der Waals surface area contributed by atoms with Crippen molar-refractivity contribution in [2.75, 3.05) is 5.32 Å². The monoisotopic (exact) mass is 248 g/mol. The zero-order chi connectivity index (χ0) is 12.8. The Morgan fingerprint density at radius 3 is 2.44 bits per heavy atom. The fourth-order valence-corrected chi connectivity index (χ4v) is 2.29. The van der Waals surface area contributed by atoms with Gasteiger partial charge in [0.05, 0.1) is 6.61 Å². The maximum atomic E-state index is 11.8. The fourth-order valence-electron chi connectivity index (χ4n) is 2.29. The molecular formula is C14H20N2O2. The molecule has 0 heterocycles. The molecule has 4 heteroatoms. The number of hydrogen-bond donors (Lipinski definition) is 3. The van der Waals surface area contributed by atoms with Crippen LogP contribution in [0.1, 0.15) is 37.7 Å². The van der Waals surface area contributed by atoms with E-state index in [-0.39, 0.29) is 12.6 Å². The molecule has 1 aliphatic carbocycles. The molecule has 4 nitrogen and oxygen atoms in total. The molecule has 2 rings (SSSR count). The first-order chi connectivity index (χ1) is 8.78. The molecule has 0 saturated heterocycles. The van der Waals surface area contributed by atoms with Gasteiger partial charge in [0.1, 0.15) is 0 Å². The summed E-state index contributed by atoms with van der Waals surface area (Å²) in [4.78, 5) is 11.8. The van der Waals surface area contributed by atoms with Crippen molar-refractivity contribution in [2.24, 2.45) is 0 Å². The zero-order valence-corrected chi connectivity index (χ0v) is 10.5. The highest BCUT2D eigenvalue weighted by atomic mass is 16.3. The maximum Gasteiger partial charge on any atom is 0.319 e. The molecule has 0 aliphatic heterocycles. The molecule has 1 aromatic carbocycles. The molecule has 2 amide bonds. The molecule has 1 fully saturated rings. The number of aliphatic hydroxyl groups is 1. The molecule has 98 valence electrons. The Bertz CT molecular complexity index is 383. The number of carbonyl (C=O) groups is 1. The van der Waals surface area contributed by atoms with Crippen LogP contribution in [0.15, 0.2) is 24.3 Å². The first-order valence-electron chi connectivity index (χ1n) is 6.55. The number of benzene rings is 1. The number of anilines is 1. The van der Waals surface area contributed by atoms with Crippen LogP contribution in [0.5, 0.6) is 0 Å². The van der Waals surface area contributed by atoms with Gasteiger partial charge < -0.3 is 15.7 Å². The molecule has 0 unspecified atom stereocenters. The SMILES string of the molecule is O=C(Nc1ccc(CO)cc1)NC1CCCCC1. The summed E-state index contributed by atoms with van der Waals surface area (Å²) in [5, 5.41) is 14.7. The maximum absolute atomic E-state index is 11.8. The predicted molar refractivity (Wildman–Crippen MR) is 71.4 cm³/mol. The average molecular weight is 248 g/mol. The quantitative estimate of drug-likeness (QED) is 0.770. The topological polar surface area (TPSA) is 61.4 Å². The first-order valence-corrected chi connectivity index (χ1v) is 6.55. The number of nitrogens with one attached hydrogen (secondary N) is 2. The van der Waals surface area contributed by atoms with E-state index in [0.29, 0.717) is 6.04 Å². The second kappa shape index (κ2) is 6.40. The minimum atomic E-state index is -0.140. The van der Waals surface area contributed by atoms with Crippen molar-refractivity contribution in [3.8, 4) is 0 Å². The Balaban J connectivity index is 1.82.